The molecule has 4 nitrogen and oxygen atoms in total. The molecule has 0 fully saturated rings. The Labute approximate surface area is 124 Å². The van der Waals surface area contributed by atoms with E-state index in [1.165, 1.54) is 4.90 Å². The van der Waals surface area contributed by atoms with E-state index in [9.17, 15) is 0 Å². The van der Waals surface area contributed by atoms with Crippen LogP contribution in [-0.2, 0) is 0 Å². The summed E-state index contributed by atoms with van der Waals surface area (Å²) in [5.74, 6) is 2.21. The van der Waals surface area contributed by atoms with Crippen LogP contribution in [0.3, 0.4) is 0 Å². The highest BCUT2D eigenvalue weighted by molar-refractivity contribution is 7.99. The zero-order valence-electron chi connectivity index (χ0n) is 12.1. The zero-order valence-corrected chi connectivity index (χ0v) is 12.9. The number of anilines is 1. The summed E-state index contributed by atoms with van der Waals surface area (Å²) in [7, 11) is 0. The Balaban J connectivity index is 2.09. The van der Waals surface area contributed by atoms with E-state index >= 15 is 0 Å². The first-order valence-electron chi connectivity index (χ1n) is 6.63. The summed E-state index contributed by atoms with van der Waals surface area (Å²) in [5.41, 5.74) is 7.67. The molecule has 0 aliphatic carbocycles. The molecule has 20 heavy (non-hydrogen) atoms. The van der Waals surface area contributed by atoms with Crippen molar-refractivity contribution in [3.63, 3.8) is 0 Å². The molecule has 0 aliphatic heterocycles. The molecule has 2 rings (SSSR count). The first-order chi connectivity index (χ1) is 9.54. The number of thioether (sulfide) groups is 1. The number of nitrogens with two attached hydrogens (primary N) is 1. The van der Waals surface area contributed by atoms with Gasteiger partial charge >= 0.3 is 0 Å². The summed E-state index contributed by atoms with van der Waals surface area (Å²) >= 11 is 1.87. The summed E-state index contributed by atoms with van der Waals surface area (Å²) in [6.45, 7) is 6.34. The van der Waals surface area contributed by atoms with Gasteiger partial charge < -0.3 is 5.73 Å². The Morgan fingerprint density at radius 3 is 2.90 bits per heavy atom. The predicted molar refractivity (Wildman–Crippen MR) is 86.4 cm³/mol. The summed E-state index contributed by atoms with van der Waals surface area (Å²) in [5, 5.41) is 4.33. The Bertz CT molecular complexity index is 602. The number of hydrogen-bond acceptors (Lipinski definition) is 4. The topological polar surface area (TPSA) is 56.2 Å². The van der Waals surface area contributed by atoms with Crippen LogP contribution in [0.2, 0.25) is 0 Å². The van der Waals surface area contributed by atoms with Crippen LogP contribution in [0, 0.1) is 12.8 Å². The lowest BCUT2D eigenvalue weighted by Crippen LogP contribution is -1.97. The average Bonchev–Trinajstić information content (AvgIpc) is 2.73. The Kier molecular flexibility index (Phi) is 4.84. The van der Waals surface area contributed by atoms with Crippen molar-refractivity contribution in [2.45, 2.75) is 25.7 Å². The highest BCUT2D eigenvalue weighted by Crippen LogP contribution is 2.21. The van der Waals surface area contributed by atoms with Gasteiger partial charge in [-0.15, -0.1) is 11.8 Å². The summed E-state index contributed by atoms with van der Waals surface area (Å²) in [4.78, 5) is 5.37. The number of hydrogen-bond donors (Lipinski definition) is 1. The van der Waals surface area contributed by atoms with E-state index < -0.39 is 0 Å². The van der Waals surface area contributed by atoms with Crippen molar-refractivity contribution in [1.82, 2.24) is 9.66 Å². The molecule has 1 aromatic heterocycles. The van der Waals surface area contributed by atoms with Gasteiger partial charge in [-0.2, -0.15) is 5.10 Å². The van der Waals surface area contributed by atoms with Crippen LogP contribution in [0.25, 0.3) is 0 Å². The van der Waals surface area contributed by atoms with E-state index in [2.05, 4.69) is 36.1 Å². The molecule has 0 amide bonds. The third-order valence-corrected chi connectivity index (χ3v) is 4.03. The molecule has 1 aromatic carbocycles. The van der Waals surface area contributed by atoms with Gasteiger partial charge in [0.2, 0.25) is 5.95 Å². The Morgan fingerprint density at radius 1 is 1.45 bits per heavy atom. The molecule has 0 saturated carbocycles. The number of nitrogens with zero attached hydrogens (tertiary/aromatic N) is 3. The van der Waals surface area contributed by atoms with Crippen LogP contribution in [-0.4, -0.2) is 21.6 Å². The maximum Gasteiger partial charge on any atom is 0.221 e. The molecule has 106 valence electrons. The van der Waals surface area contributed by atoms with E-state index in [0.717, 1.165) is 17.0 Å². The average molecular weight is 288 g/mol. The first-order valence-corrected chi connectivity index (χ1v) is 7.62. The fourth-order valence-electron chi connectivity index (χ4n) is 1.67. The quantitative estimate of drug-likeness (QED) is 0.677. The number of aryl methyl sites for hydroxylation is 1. The zero-order chi connectivity index (χ0) is 14.5. The Hall–Kier alpha value is -1.75. The predicted octanol–water partition coefficient (Wildman–Crippen LogP) is 3.40. The van der Waals surface area contributed by atoms with Crippen LogP contribution in [0.1, 0.15) is 25.1 Å². The summed E-state index contributed by atoms with van der Waals surface area (Å²) < 4.78 is 1.59. The van der Waals surface area contributed by atoms with Crippen LogP contribution in [0.5, 0.6) is 0 Å². The van der Waals surface area contributed by atoms with Gasteiger partial charge in [0.15, 0.2) is 0 Å². The number of benzene rings is 1. The van der Waals surface area contributed by atoms with Crippen molar-refractivity contribution < 1.29 is 0 Å². The van der Waals surface area contributed by atoms with Gasteiger partial charge in [0.1, 0.15) is 0 Å². The molecule has 0 aliphatic rings. The van der Waals surface area contributed by atoms with E-state index in [4.69, 9.17) is 5.73 Å². The van der Waals surface area contributed by atoms with Crippen LogP contribution < -0.4 is 5.73 Å². The molecule has 0 radical (unpaired) electrons. The van der Waals surface area contributed by atoms with Gasteiger partial charge in [-0.25, -0.2) is 9.66 Å². The molecule has 0 unspecified atom stereocenters. The highest BCUT2D eigenvalue weighted by Gasteiger charge is 2.00. The summed E-state index contributed by atoms with van der Waals surface area (Å²) in [6, 6.07) is 8.34. The van der Waals surface area contributed by atoms with Crippen LogP contribution in [0.15, 0.2) is 40.5 Å². The van der Waals surface area contributed by atoms with Gasteiger partial charge in [0.05, 0.1) is 18.1 Å². The number of aromatic nitrogens is 2. The van der Waals surface area contributed by atoms with Crippen molar-refractivity contribution in [1.29, 1.82) is 0 Å². The van der Waals surface area contributed by atoms with Gasteiger partial charge in [0.25, 0.3) is 0 Å². The molecular formula is C15H20N4S. The lowest BCUT2D eigenvalue weighted by molar-refractivity contribution is 0.750. The van der Waals surface area contributed by atoms with Crippen molar-refractivity contribution in [3.05, 3.63) is 41.7 Å². The highest BCUT2D eigenvalue weighted by atomic mass is 32.2. The molecule has 2 aromatic rings. The molecular weight excluding hydrogens is 268 g/mol. The van der Waals surface area contributed by atoms with Crippen molar-refractivity contribution in [2.24, 2.45) is 11.0 Å². The second-order valence-electron chi connectivity index (χ2n) is 5.11. The SMILES string of the molecule is Cc1cn(N=Cc2cccc(SCC(C)C)c2)c(N)n1. The number of imidazole rings is 1. The van der Waals surface area contributed by atoms with E-state index in [-0.39, 0.29) is 0 Å². The molecule has 1 heterocycles. The fraction of sp³-hybridized carbons (Fsp3) is 0.333. The Morgan fingerprint density at radius 2 is 2.25 bits per heavy atom. The minimum Gasteiger partial charge on any atom is -0.368 e. The van der Waals surface area contributed by atoms with E-state index in [1.807, 2.05) is 37.0 Å². The first kappa shape index (κ1) is 14.7. The largest absolute Gasteiger partial charge is 0.368 e. The second kappa shape index (κ2) is 6.61. The van der Waals surface area contributed by atoms with E-state index in [0.29, 0.717) is 11.9 Å². The van der Waals surface area contributed by atoms with Gasteiger partial charge in [-0.05, 0) is 30.5 Å². The maximum absolute atomic E-state index is 5.75. The third-order valence-electron chi connectivity index (χ3n) is 2.61. The molecule has 2 N–H and O–H groups in total. The number of nitrogen functional groups attached to an aromatic ring is 1. The molecule has 0 bridgehead atoms. The standard InChI is InChI=1S/C15H20N4S/c1-11(2)10-20-14-6-4-5-13(7-14)8-17-19-9-12(3)18-15(19)16/h4-9,11H,10H2,1-3H3,(H2,16,18). The van der Waals surface area contributed by atoms with Crippen LogP contribution >= 0.6 is 11.8 Å². The maximum atomic E-state index is 5.75. The molecule has 5 heteroatoms. The molecule has 0 atom stereocenters. The lowest BCUT2D eigenvalue weighted by Gasteiger charge is -2.05. The smallest absolute Gasteiger partial charge is 0.221 e. The second-order valence-corrected chi connectivity index (χ2v) is 6.20. The minimum atomic E-state index is 0.407. The van der Waals surface area contributed by atoms with Crippen molar-refractivity contribution in [3.8, 4) is 0 Å². The number of rotatable bonds is 5. The van der Waals surface area contributed by atoms with Gasteiger partial charge in [-0.1, -0.05) is 26.0 Å². The summed E-state index contributed by atoms with van der Waals surface area (Å²) in [6.07, 6.45) is 3.61. The van der Waals surface area contributed by atoms with Gasteiger partial charge in [-0.3, -0.25) is 0 Å². The fourth-order valence-corrected chi connectivity index (χ4v) is 2.59. The van der Waals surface area contributed by atoms with Gasteiger partial charge in [0, 0.05) is 10.6 Å². The van der Waals surface area contributed by atoms with Crippen LogP contribution in [0.4, 0.5) is 5.95 Å². The molecule has 0 saturated heterocycles. The minimum absolute atomic E-state index is 0.407. The lowest BCUT2D eigenvalue weighted by atomic mass is 10.2. The third kappa shape index (κ3) is 4.13. The van der Waals surface area contributed by atoms with Crippen molar-refractivity contribution >= 4 is 23.9 Å². The van der Waals surface area contributed by atoms with Crippen molar-refractivity contribution in [2.75, 3.05) is 11.5 Å². The van der Waals surface area contributed by atoms with E-state index in [1.54, 1.807) is 10.9 Å². The monoisotopic (exact) mass is 288 g/mol. The normalized spacial score (nSPS) is 11.6. The molecule has 0 spiro atoms.